The van der Waals surface area contributed by atoms with E-state index in [1.807, 2.05) is 22.4 Å². The van der Waals surface area contributed by atoms with Crippen LogP contribution in [0.4, 0.5) is 5.13 Å². The summed E-state index contributed by atoms with van der Waals surface area (Å²) in [6.07, 6.45) is 0.183. The van der Waals surface area contributed by atoms with Crippen molar-refractivity contribution >= 4 is 62.9 Å². The second kappa shape index (κ2) is 10.4. The molecule has 2 amide bonds. The van der Waals surface area contributed by atoms with Gasteiger partial charge in [-0.25, -0.2) is 0 Å². The Morgan fingerprint density at radius 3 is 2.76 bits per heavy atom. The van der Waals surface area contributed by atoms with Crippen LogP contribution in [0.1, 0.15) is 9.88 Å². The van der Waals surface area contributed by atoms with Crippen molar-refractivity contribution in [1.82, 2.24) is 20.4 Å². The Bertz CT molecular complexity index is 1090. The molecule has 0 aliphatic carbocycles. The number of carboxylic acids is 1. The smallest absolute Gasteiger partial charge is 0.543 e. The summed E-state index contributed by atoms with van der Waals surface area (Å²) >= 11 is 4.15. The second-order valence-corrected chi connectivity index (χ2v) is 10.4. The van der Waals surface area contributed by atoms with Gasteiger partial charge in [-0.1, -0.05) is 17.4 Å². The van der Waals surface area contributed by atoms with Gasteiger partial charge in [-0.15, -0.1) is 33.3 Å². The number of fused-ring (bicyclic) bond motifs is 1. The SMILES string of the molecule is O=C(Cc1cccs1)NC1C(=O)N2C(C(=O)[O-])=C(c3nnc(N4CCOCC4)s3)CS[C@H]12.[Na+]. The summed E-state index contributed by atoms with van der Waals surface area (Å²) in [5, 5.41) is 25.7. The van der Waals surface area contributed by atoms with Crippen LogP contribution >= 0.6 is 34.4 Å². The number of anilines is 1. The minimum absolute atomic E-state index is 0. The van der Waals surface area contributed by atoms with E-state index in [0.717, 1.165) is 4.88 Å². The fourth-order valence-corrected chi connectivity index (χ4v) is 6.87. The first kappa shape index (κ1) is 24.6. The van der Waals surface area contributed by atoms with Gasteiger partial charge in [0.25, 0.3) is 5.91 Å². The maximum Gasteiger partial charge on any atom is 1.00 e. The Morgan fingerprint density at radius 2 is 2.06 bits per heavy atom. The van der Waals surface area contributed by atoms with Crippen molar-refractivity contribution in [2.45, 2.75) is 17.8 Å². The third kappa shape index (κ3) is 4.85. The number of aliphatic carboxylic acids is 1. The molecule has 33 heavy (non-hydrogen) atoms. The summed E-state index contributed by atoms with van der Waals surface area (Å²) in [4.78, 5) is 41.3. The number of carboxylic acid groups (broad SMARTS) is 1. The summed E-state index contributed by atoms with van der Waals surface area (Å²) < 4.78 is 5.35. The van der Waals surface area contributed by atoms with Crippen LogP contribution in [0.2, 0.25) is 0 Å². The number of aromatic nitrogens is 2. The molecule has 2 aromatic heterocycles. The quantitative estimate of drug-likeness (QED) is 0.309. The minimum Gasteiger partial charge on any atom is -0.543 e. The second-order valence-electron chi connectivity index (χ2n) is 7.31. The van der Waals surface area contributed by atoms with E-state index in [1.54, 1.807) is 0 Å². The summed E-state index contributed by atoms with van der Waals surface area (Å²) in [6.45, 7) is 2.58. The van der Waals surface area contributed by atoms with Crippen LogP contribution in [-0.2, 0) is 25.5 Å². The van der Waals surface area contributed by atoms with Crippen LogP contribution in [-0.4, -0.2) is 76.4 Å². The zero-order chi connectivity index (χ0) is 22.2. The first-order valence-corrected chi connectivity index (χ1v) is 12.6. The van der Waals surface area contributed by atoms with Crippen LogP contribution in [0.3, 0.4) is 0 Å². The Balaban J connectivity index is 0.00000259. The summed E-state index contributed by atoms with van der Waals surface area (Å²) in [7, 11) is 0. The van der Waals surface area contributed by atoms with Gasteiger partial charge in [0.05, 0.1) is 31.3 Å². The van der Waals surface area contributed by atoms with Gasteiger partial charge in [-0.3, -0.25) is 14.5 Å². The van der Waals surface area contributed by atoms with Gasteiger partial charge in [0, 0.05) is 29.3 Å². The Morgan fingerprint density at radius 1 is 1.27 bits per heavy atom. The summed E-state index contributed by atoms with van der Waals surface area (Å²) in [5.74, 6) is -1.84. The molecule has 1 unspecified atom stereocenters. The van der Waals surface area contributed by atoms with Crippen molar-refractivity contribution < 1.29 is 53.8 Å². The van der Waals surface area contributed by atoms with Crippen molar-refractivity contribution in [2.24, 2.45) is 0 Å². The van der Waals surface area contributed by atoms with Crippen molar-refractivity contribution in [1.29, 1.82) is 0 Å². The number of ether oxygens (including phenoxy) is 1. The van der Waals surface area contributed by atoms with E-state index in [0.29, 0.717) is 47.8 Å². The van der Waals surface area contributed by atoms with Crippen molar-refractivity contribution in [3.05, 3.63) is 33.1 Å². The Labute approximate surface area is 223 Å². The Kier molecular flexibility index (Phi) is 7.78. The molecule has 3 aliphatic rings. The number of morpholine rings is 1. The molecule has 5 rings (SSSR count). The van der Waals surface area contributed by atoms with Gasteiger partial charge < -0.3 is 24.9 Å². The molecule has 0 aromatic carbocycles. The van der Waals surface area contributed by atoms with Gasteiger partial charge in [-0.2, -0.15) is 0 Å². The van der Waals surface area contributed by atoms with Crippen LogP contribution in [0.5, 0.6) is 0 Å². The standard InChI is InChI=1S/C19H19N5O5S3.Na/c25-12(8-10-2-1-7-30-10)20-13-16(26)24-14(18(27)28)11(9-31-17(13)24)15-21-22-19(32-15)23-3-5-29-6-4-23;/h1-2,7,13,17H,3-6,8-9H2,(H,20,25)(H,27,28);/q;+1/p-1/t13?,17-;/m1./s1. The van der Waals surface area contributed by atoms with Gasteiger partial charge >= 0.3 is 29.6 Å². The van der Waals surface area contributed by atoms with E-state index in [2.05, 4.69) is 15.5 Å². The monoisotopic (exact) mass is 515 g/mol. The van der Waals surface area contributed by atoms with E-state index < -0.39 is 23.3 Å². The average Bonchev–Trinajstić information content (AvgIpc) is 3.49. The van der Waals surface area contributed by atoms with E-state index >= 15 is 0 Å². The molecular formula is C19H18N5NaO5S3. The maximum atomic E-state index is 12.8. The number of hydrogen-bond acceptors (Lipinski definition) is 11. The fraction of sp³-hybridized carbons (Fsp3) is 0.421. The van der Waals surface area contributed by atoms with Crippen molar-refractivity contribution in [2.75, 3.05) is 37.0 Å². The summed E-state index contributed by atoms with van der Waals surface area (Å²) in [5.41, 5.74) is 0.229. The molecule has 3 aliphatic heterocycles. The van der Waals surface area contributed by atoms with Crippen LogP contribution in [0.25, 0.3) is 5.57 Å². The number of carbonyl (C=O) groups is 3. The summed E-state index contributed by atoms with van der Waals surface area (Å²) in [6, 6.07) is 2.95. The largest absolute Gasteiger partial charge is 1.00 e. The first-order valence-electron chi connectivity index (χ1n) is 9.90. The molecule has 168 valence electrons. The van der Waals surface area contributed by atoms with Crippen molar-refractivity contribution in [3.8, 4) is 0 Å². The molecule has 14 heteroatoms. The van der Waals surface area contributed by atoms with Gasteiger partial charge in [-0.05, 0) is 11.4 Å². The average molecular weight is 516 g/mol. The van der Waals surface area contributed by atoms with Crippen LogP contribution in [0, 0.1) is 0 Å². The number of β-lactam (4-membered cyclic amide) rings is 1. The molecule has 0 bridgehead atoms. The van der Waals surface area contributed by atoms with E-state index in [4.69, 9.17) is 4.74 Å². The molecule has 5 heterocycles. The molecule has 2 aromatic rings. The third-order valence-electron chi connectivity index (χ3n) is 5.35. The van der Waals surface area contributed by atoms with E-state index in [-0.39, 0.29) is 47.6 Å². The molecule has 0 saturated carbocycles. The molecule has 2 atom stereocenters. The zero-order valence-electron chi connectivity index (χ0n) is 17.7. The molecular weight excluding hydrogens is 497 g/mol. The maximum absolute atomic E-state index is 12.8. The molecule has 0 spiro atoms. The predicted octanol–water partition coefficient (Wildman–Crippen LogP) is -3.46. The van der Waals surface area contributed by atoms with E-state index in [9.17, 15) is 19.5 Å². The van der Waals surface area contributed by atoms with Gasteiger partial charge in [0.2, 0.25) is 11.0 Å². The third-order valence-corrected chi connectivity index (χ3v) is 8.55. The first-order chi connectivity index (χ1) is 15.5. The number of thioether (sulfide) groups is 1. The number of nitrogens with one attached hydrogen (secondary N) is 1. The number of carbonyl (C=O) groups excluding carboxylic acids is 3. The molecule has 0 radical (unpaired) electrons. The number of nitrogens with zero attached hydrogens (tertiary/aromatic N) is 4. The fourth-order valence-electron chi connectivity index (χ4n) is 3.79. The molecule has 2 fully saturated rings. The van der Waals surface area contributed by atoms with Crippen LogP contribution in [0.15, 0.2) is 23.2 Å². The van der Waals surface area contributed by atoms with Crippen molar-refractivity contribution in [3.63, 3.8) is 0 Å². The normalized spacial score (nSPS) is 22.4. The minimum atomic E-state index is -1.44. The zero-order valence-corrected chi connectivity index (χ0v) is 22.1. The number of rotatable bonds is 6. The number of amides is 2. The number of hydrogen-bond donors (Lipinski definition) is 1. The topological polar surface area (TPSA) is 128 Å². The molecule has 2 saturated heterocycles. The van der Waals surface area contributed by atoms with Gasteiger partial charge in [0.15, 0.2) is 0 Å². The Hall–Kier alpha value is -1.48. The predicted molar refractivity (Wildman–Crippen MR) is 118 cm³/mol. The van der Waals surface area contributed by atoms with Crippen LogP contribution < -0.4 is 44.9 Å². The van der Waals surface area contributed by atoms with Gasteiger partial charge in [0.1, 0.15) is 16.4 Å². The molecule has 10 nitrogen and oxygen atoms in total. The number of thiophene rings is 1. The molecule has 1 N–H and O–H groups in total. The van der Waals surface area contributed by atoms with E-state index in [1.165, 1.54) is 39.3 Å².